The van der Waals surface area contributed by atoms with Crippen molar-refractivity contribution in [2.24, 2.45) is 0 Å². The maximum absolute atomic E-state index is 12.4. The van der Waals surface area contributed by atoms with E-state index in [-0.39, 0.29) is 18.6 Å². The van der Waals surface area contributed by atoms with Gasteiger partial charge < -0.3 is 9.64 Å². The Bertz CT molecular complexity index is 749. The third-order valence-electron chi connectivity index (χ3n) is 4.45. The molecule has 0 saturated carbocycles. The number of fused-ring (bicyclic) bond motifs is 1. The van der Waals surface area contributed by atoms with Gasteiger partial charge in [0.15, 0.2) is 0 Å². The fourth-order valence-corrected chi connectivity index (χ4v) is 3.03. The molecule has 1 heterocycles. The zero-order valence-electron chi connectivity index (χ0n) is 14.2. The van der Waals surface area contributed by atoms with Gasteiger partial charge in [-0.25, -0.2) is 0 Å². The summed E-state index contributed by atoms with van der Waals surface area (Å²) >= 11 is 0. The van der Waals surface area contributed by atoms with Crippen LogP contribution in [0.5, 0.6) is 0 Å². The lowest BCUT2D eigenvalue weighted by molar-refractivity contribution is -0.123. The predicted molar refractivity (Wildman–Crippen MR) is 93.6 cm³/mol. The van der Waals surface area contributed by atoms with Gasteiger partial charge in [0.25, 0.3) is 5.91 Å². The largest absolute Gasteiger partial charge is 0.367 e. The molecule has 0 saturated heterocycles. The van der Waals surface area contributed by atoms with E-state index in [9.17, 15) is 4.79 Å². The first-order valence-electron chi connectivity index (χ1n) is 8.07. The normalized spacial score (nSPS) is 14.8. The quantitative estimate of drug-likeness (QED) is 0.830. The predicted octanol–water partition coefficient (Wildman–Crippen LogP) is 4.24. The minimum atomic E-state index is 0.0241. The van der Waals surface area contributed by atoms with Crippen molar-refractivity contribution in [1.82, 2.24) is 0 Å². The molecule has 3 rings (SSSR count). The second-order valence-electron chi connectivity index (χ2n) is 6.49. The third-order valence-corrected chi connectivity index (χ3v) is 4.45. The summed E-state index contributed by atoms with van der Waals surface area (Å²) in [5.74, 6) is 0.0241. The van der Waals surface area contributed by atoms with Crippen LogP contribution in [0.3, 0.4) is 0 Å². The molecule has 0 N–H and O–H groups in total. The van der Waals surface area contributed by atoms with Crippen LogP contribution in [-0.2, 0) is 16.1 Å². The number of hydrogen-bond acceptors (Lipinski definition) is 2. The van der Waals surface area contributed by atoms with Gasteiger partial charge in [0.05, 0.1) is 12.3 Å². The number of anilines is 1. The van der Waals surface area contributed by atoms with E-state index >= 15 is 0 Å². The Morgan fingerprint density at radius 3 is 2.35 bits per heavy atom. The molecule has 3 nitrogen and oxygen atoms in total. The van der Waals surface area contributed by atoms with Gasteiger partial charge in [-0.2, -0.15) is 0 Å². The second kappa shape index (κ2) is 6.17. The van der Waals surface area contributed by atoms with E-state index in [0.717, 1.165) is 16.8 Å². The van der Waals surface area contributed by atoms with Crippen molar-refractivity contribution in [1.29, 1.82) is 0 Å². The zero-order valence-corrected chi connectivity index (χ0v) is 14.2. The number of ether oxygens (including phenoxy) is 1. The summed E-state index contributed by atoms with van der Waals surface area (Å²) in [5.41, 5.74) is 6.91. The molecular weight excluding hydrogens is 286 g/mol. The fourth-order valence-electron chi connectivity index (χ4n) is 3.03. The van der Waals surface area contributed by atoms with Crippen molar-refractivity contribution in [3.63, 3.8) is 0 Å². The van der Waals surface area contributed by atoms with Crippen molar-refractivity contribution in [2.75, 3.05) is 11.5 Å². The SMILES string of the molecule is Cc1ccc(-c2ccc3c(c2)N(C(C)C)C(=O)COC3)cc1C. The topological polar surface area (TPSA) is 29.5 Å². The van der Waals surface area contributed by atoms with Crippen LogP contribution in [0.25, 0.3) is 11.1 Å². The number of carbonyl (C=O) groups is 1. The van der Waals surface area contributed by atoms with E-state index in [4.69, 9.17) is 4.74 Å². The molecule has 0 spiro atoms. The average molecular weight is 309 g/mol. The maximum Gasteiger partial charge on any atom is 0.253 e. The van der Waals surface area contributed by atoms with Gasteiger partial charge in [-0.1, -0.05) is 30.3 Å². The molecule has 0 aromatic heterocycles. The number of carbonyl (C=O) groups excluding carboxylic acids is 1. The first kappa shape index (κ1) is 15.8. The first-order valence-corrected chi connectivity index (χ1v) is 8.07. The molecule has 0 bridgehead atoms. The summed E-state index contributed by atoms with van der Waals surface area (Å²) < 4.78 is 5.50. The Morgan fingerprint density at radius 1 is 0.957 bits per heavy atom. The van der Waals surface area contributed by atoms with Crippen LogP contribution in [0.15, 0.2) is 36.4 Å². The monoisotopic (exact) mass is 309 g/mol. The molecule has 0 radical (unpaired) electrons. The number of benzene rings is 2. The Balaban J connectivity index is 2.11. The Morgan fingerprint density at radius 2 is 1.65 bits per heavy atom. The van der Waals surface area contributed by atoms with Crippen molar-refractivity contribution < 1.29 is 9.53 Å². The number of nitrogens with zero attached hydrogens (tertiary/aromatic N) is 1. The first-order chi connectivity index (χ1) is 11.0. The molecule has 2 aromatic carbocycles. The van der Waals surface area contributed by atoms with Gasteiger partial charge in [-0.05, 0) is 56.0 Å². The maximum atomic E-state index is 12.4. The Labute approximate surface area is 137 Å². The molecule has 0 aliphatic carbocycles. The van der Waals surface area contributed by atoms with Crippen LogP contribution in [0.2, 0.25) is 0 Å². The van der Waals surface area contributed by atoms with Crippen molar-refractivity contribution >= 4 is 11.6 Å². The van der Waals surface area contributed by atoms with E-state index in [1.54, 1.807) is 0 Å². The molecule has 0 fully saturated rings. The van der Waals surface area contributed by atoms with Gasteiger partial charge in [-0.15, -0.1) is 0 Å². The average Bonchev–Trinajstić information content (AvgIpc) is 2.67. The zero-order chi connectivity index (χ0) is 16.6. The van der Waals surface area contributed by atoms with E-state index in [0.29, 0.717) is 6.61 Å². The summed E-state index contributed by atoms with van der Waals surface area (Å²) in [7, 11) is 0. The fraction of sp³-hybridized carbons (Fsp3) is 0.350. The molecule has 2 aromatic rings. The van der Waals surface area contributed by atoms with Crippen LogP contribution in [0, 0.1) is 13.8 Å². The molecular formula is C20H23NO2. The highest BCUT2D eigenvalue weighted by molar-refractivity contribution is 5.96. The summed E-state index contributed by atoms with van der Waals surface area (Å²) in [6.45, 7) is 8.95. The molecule has 0 unspecified atom stereocenters. The van der Waals surface area contributed by atoms with Crippen LogP contribution in [0.4, 0.5) is 5.69 Å². The number of amides is 1. The highest BCUT2D eigenvalue weighted by Gasteiger charge is 2.25. The Kier molecular flexibility index (Phi) is 4.22. The standard InChI is InChI=1S/C20H23NO2/c1-13(2)21-19-10-17(16-6-5-14(3)15(4)9-16)7-8-18(19)11-23-12-20(21)22/h5-10,13H,11-12H2,1-4H3. The number of aryl methyl sites for hydroxylation is 2. The van der Waals surface area contributed by atoms with E-state index in [2.05, 4.69) is 50.2 Å². The summed E-state index contributed by atoms with van der Waals surface area (Å²) in [5, 5.41) is 0. The molecule has 1 aliphatic heterocycles. The van der Waals surface area contributed by atoms with Crippen LogP contribution in [-0.4, -0.2) is 18.6 Å². The van der Waals surface area contributed by atoms with Crippen molar-refractivity contribution in [3.8, 4) is 11.1 Å². The minimum absolute atomic E-state index is 0.0241. The lowest BCUT2D eigenvalue weighted by atomic mass is 9.98. The van der Waals surface area contributed by atoms with E-state index in [1.807, 2.05) is 18.7 Å². The Hall–Kier alpha value is -2.13. The lowest BCUT2D eigenvalue weighted by Crippen LogP contribution is -2.38. The second-order valence-corrected chi connectivity index (χ2v) is 6.49. The molecule has 1 amide bonds. The van der Waals surface area contributed by atoms with Gasteiger partial charge in [0, 0.05) is 11.6 Å². The highest BCUT2D eigenvalue weighted by atomic mass is 16.5. The summed E-state index contributed by atoms with van der Waals surface area (Å²) in [6, 6.07) is 12.9. The molecule has 0 atom stereocenters. The van der Waals surface area contributed by atoms with E-state index < -0.39 is 0 Å². The van der Waals surface area contributed by atoms with Crippen LogP contribution < -0.4 is 4.90 Å². The van der Waals surface area contributed by atoms with Gasteiger partial charge in [-0.3, -0.25) is 4.79 Å². The molecule has 1 aliphatic rings. The van der Waals surface area contributed by atoms with Gasteiger partial charge >= 0.3 is 0 Å². The molecule has 3 heteroatoms. The van der Waals surface area contributed by atoms with Crippen molar-refractivity contribution in [2.45, 2.75) is 40.3 Å². The van der Waals surface area contributed by atoms with E-state index in [1.165, 1.54) is 16.7 Å². The minimum Gasteiger partial charge on any atom is -0.367 e. The molecule has 23 heavy (non-hydrogen) atoms. The lowest BCUT2D eigenvalue weighted by Gasteiger charge is -2.27. The summed E-state index contributed by atoms with van der Waals surface area (Å²) in [6.07, 6.45) is 0. The highest BCUT2D eigenvalue weighted by Crippen LogP contribution is 2.32. The number of rotatable bonds is 2. The van der Waals surface area contributed by atoms with Crippen LogP contribution in [0.1, 0.15) is 30.5 Å². The van der Waals surface area contributed by atoms with Crippen LogP contribution >= 0.6 is 0 Å². The molecule has 120 valence electrons. The summed E-state index contributed by atoms with van der Waals surface area (Å²) in [4.78, 5) is 14.2. The smallest absolute Gasteiger partial charge is 0.253 e. The van der Waals surface area contributed by atoms with Gasteiger partial charge in [0.2, 0.25) is 0 Å². The number of hydrogen-bond donors (Lipinski definition) is 0. The van der Waals surface area contributed by atoms with Crippen molar-refractivity contribution in [3.05, 3.63) is 53.1 Å². The van der Waals surface area contributed by atoms with Gasteiger partial charge in [0.1, 0.15) is 6.61 Å². The third kappa shape index (κ3) is 3.02.